The first-order valence-electron chi connectivity index (χ1n) is 10.9. The van der Waals surface area contributed by atoms with E-state index in [2.05, 4.69) is 0 Å². The van der Waals surface area contributed by atoms with Crippen LogP contribution in [0.5, 0.6) is 5.75 Å². The van der Waals surface area contributed by atoms with Crippen LogP contribution < -0.4 is 4.74 Å². The molecule has 1 atom stereocenters. The topological polar surface area (TPSA) is 106 Å². The van der Waals surface area contributed by atoms with Crippen LogP contribution in [0.15, 0.2) is 30.3 Å². The summed E-state index contributed by atoms with van der Waals surface area (Å²) in [6, 6.07) is 9.45. The van der Waals surface area contributed by atoms with Gasteiger partial charge in [-0.2, -0.15) is 4.31 Å². The highest BCUT2D eigenvalue weighted by Crippen LogP contribution is 2.26. The Morgan fingerprint density at radius 2 is 1.70 bits per heavy atom. The number of piperazine rings is 1. The molecule has 0 radical (unpaired) electrons. The predicted octanol–water partition coefficient (Wildman–Crippen LogP) is 1.38. The van der Waals surface area contributed by atoms with Gasteiger partial charge in [-0.1, -0.05) is 0 Å². The molecule has 2 aliphatic heterocycles. The fraction of sp³-hybridized carbons (Fsp3) is 0.500. The van der Waals surface area contributed by atoms with Crippen LogP contribution in [0.1, 0.15) is 28.2 Å². The summed E-state index contributed by atoms with van der Waals surface area (Å²) in [5, 5.41) is -0.881. The molecule has 2 saturated heterocycles. The predicted molar refractivity (Wildman–Crippen MR) is 125 cm³/mol. The lowest BCUT2D eigenvalue weighted by Crippen LogP contribution is -2.52. The van der Waals surface area contributed by atoms with Crippen molar-refractivity contribution in [3.8, 4) is 11.4 Å². The summed E-state index contributed by atoms with van der Waals surface area (Å²) in [5.74, 6) is 0.217. The Bertz CT molecular complexity index is 1260. The normalized spacial score (nSPS) is 21.3. The molecular weight excluding hydrogens is 466 g/mol. The lowest BCUT2D eigenvalue weighted by molar-refractivity contribution is 0.0696. The minimum absolute atomic E-state index is 0.0842. The zero-order valence-corrected chi connectivity index (χ0v) is 20.7. The highest BCUT2D eigenvalue weighted by Gasteiger charge is 2.41. The summed E-state index contributed by atoms with van der Waals surface area (Å²) in [7, 11) is -5.38. The number of ether oxygens (including phenoxy) is 1. The van der Waals surface area contributed by atoms with Gasteiger partial charge >= 0.3 is 0 Å². The maximum Gasteiger partial charge on any atom is 0.255 e. The van der Waals surface area contributed by atoms with Crippen LogP contribution in [0.25, 0.3) is 5.69 Å². The summed E-state index contributed by atoms with van der Waals surface area (Å²) < 4.78 is 57.7. The number of hydrogen-bond acceptors (Lipinski definition) is 6. The number of methoxy groups -OCH3 is 1. The summed E-state index contributed by atoms with van der Waals surface area (Å²) in [6.45, 7) is 4.71. The molecule has 1 unspecified atom stereocenters. The maximum atomic E-state index is 13.3. The van der Waals surface area contributed by atoms with Crippen LogP contribution in [0, 0.1) is 13.8 Å². The first-order valence-corrected chi connectivity index (χ1v) is 14.2. The third-order valence-corrected chi connectivity index (χ3v) is 10.8. The number of amides is 1. The Morgan fingerprint density at radius 1 is 1.06 bits per heavy atom. The van der Waals surface area contributed by atoms with Crippen LogP contribution in [-0.4, -0.2) is 86.6 Å². The van der Waals surface area contributed by atoms with Crippen LogP contribution in [0.2, 0.25) is 0 Å². The van der Waals surface area contributed by atoms with Gasteiger partial charge in [0.2, 0.25) is 10.0 Å². The van der Waals surface area contributed by atoms with Crippen molar-refractivity contribution in [3.63, 3.8) is 0 Å². The molecule has 2 aliphatic rings. The summed E-state index contributed by atoms with van der Waals surface area (Å²) >= 11 is 0. The third-order valence-electron chi connectivity index (χ3n) is 6.49. The van der Waals surface area contributed by atoms with Crippen LogP contribution in [-0.2, 0) is 19.9 Å². The molecule has 0 aliphatic carbocycles. The van der Waals surface area contributed by atoms with Crippen molar-refractivity contribution in [3.05, 3.63) is 47.3 Å². The highest BCUT2D eigenvalue weighted by molar-refractivity contribution is 7.95. The van der Waals surface area contributed by atoms with E-state index in [-0.39, 0.29) is 50.0 Å². The molecule has 1 aromatic heterocycles. The van der Waals surface area contributed by atoms with Crippen molar-refractivity contribution < 1.29 is 26.4 Å². The Kier molecular flexibility index (Phi) is 6.32. The number of sulfone groups is 1. The fourth-order valence-corrected chi connectivity index (χ4v) is 9.14. The largest absolute Gasteiger partial charge is 0.497 e. The fourth-order valence-electron chi connectivity index (χ4n) is 4.63. The molecule has 1 aromatic carbocycles. The van der Waals surface area contributed by atoms with Gasteiger partial charge in [-0.15, -0.1) is 0 Å². The van der Waals surface area contributed by atoms with Gasteiger partial charge in [0.25, 0.3) is 5.91 Å². The van der Waals surface area contributed by atoms with Gasteiger partial charge in [0.05, 0.1) is 29.4 Å². The second kappa shape index (κ2) is 8.77. The van der Waals surface area contributed by atoms with Gasteiger partial charge in [0.15, 0.2) is 9.84 Å². The molecule has 0 bridgehead atoms. The number of carbonyl (C=O) groups is 1. The van der Waals surface area contributed by atoms with E-state index >= 15 is 0 Å². The molecule has 0 N–H and O–H groups in total. The Morgan fingerprint density at radius 3 is 2.24 bits per heavy atom. The highest BCUT2D eigenvalue weighted by atomic mass is 32.2. The SMILES string of the molecule is COc1ccc(-n2c(C)cc(C(=O)N3CCN(S(=O)(=O)C4CCS(=O)(=O)C4)CC3)c2C)cc1. The molecule has 2 fully saturated rings. The van der Waals surface area contributed by atoms with Crippen molar-refractivity contribution in [1.29, 1.82) is 0 Å². The van der Waals surface area contributed by atoms with Crippen molar-refractivity contribution in [2.45, 2.75) is 25.5 Å². The average Bonchev–Trinajstić information content (AvgIpc) is 3.32. The zero-order chi connectivity index (χ0) is 24.0. The lowest BCUT2D eigenvalue weighted by atomic mass is 10.2. The van der Waals surface area contributed by atoms with E-state index in [9.17, 15) is 21.6 Å². The lowest BCUT2D eigenvalue weighted by Gasteiger charge is -2.35. The first-order chi connectivity index (χ1) is 15.5. The standard InChI is InChI=1S/C22H29N3O6S2/c1-16-14-21(17(2)25(16)18-4-6-19(31-3)7-5-18)22(26)23-9-11-24(12-10-23)33(29,30)20-8-13-32(27,28)15-20/h4-7,14,20H,8-13,15H2,1-3H3. The van der Waals surface area contributed by atoms with Gasteiger partial charge in [-0.3, -0.25) is 4.79 Å². The summed E-state index contributed by atoms with van der Waals surface area (Å²) in [5.41, 5.74) is 3.24. The van der Waals surface area contributed by atoms with Crippen LogP contribution in [0.4, 0.5) is 0 Å². The number of sulfonamides is 1. The monoisotopic (exact) mass is 495 g/mol. The number of aromatic nitrogens is 1. The quantitative estimate of drug-likeness (QED) is 0.621. The van der Waals surface area contributed by atoms with E-state index in [1.165, 1.54) is 4.31 Å². The minimum atomic E-state index is -3.70. The Balaban J connectivity index is 1.47. The van der Waals surface area contributed by atoms with Gasteiger partial charge in [0.1, 0.15) is 5.75 Å². The molecule has 9 nitrogen and oxygen atoms in total. The number of carbonyl (C=O) groups excluding carboxylic acids is 1. The molecule has 0 spiro atoms. The first kappa shape index (κ1) is 23.8. The Hall–Kier alpha value is -2.37. The molecule has 4 rings (SSSR count). The molecular formula is C22H29N3O6S2. The number of benzene rings is 1. The minimum Gasteiger partial charge on any atom is -0.497 e. The number of aryl methyl sites for hydroxylation is 1. The van der Waals surface area contributed by atoms with E-state index < -0.39 is 25.1 Å². The number of rotatable bonds is 5. The molecule has 33 heavy (non-hydrogen) atoms. The molecule has 3 heterocycles. The van der Waals surface area contributed by atoms with Gasteiger partial charge in [0, 0.05) is 43.3 Å². The van der Waals surface area contributed by atoms with E-state index in [1.807, 2.05) is 48.7 Å². The van der Waals surface area contributed by atoms with Crippen LogP contribution >= 0.6 is 0 Å². The molecule has 180 valence electrons. The average molecular weight is 496 g/mol. The second-order valence-electron chi connectivity index (χ2n) is 8.58. The van der Waals surface area contributed by atoms with E-state index in [0.717, 1.165) is 22.8 Å². The molecule has 11 heteroatoms. The van der Waals surface area contributed by atoms with Crippen molar-refractivity contribution in [2.24, 2.45) is 0 Å². The van der Waals surface area contributed by atoms with Crippen molar-refractivity contribution >= 4 is 25.8 Å². The Labute approximate surface area is 194 Å². The molecule has 2 aromatic rings. The smallest absolute Gasteiger partial charge is 0.255 e. The molecule has 0 saturated carbocycles. The van der Waals surface area contributed by atoms with Gasteiger partial charge in [-0.25, -0.2) is 16.8 Å². The van der Waals surface area contributed by atoms with E-state index in [4.69, 9.17) is 4.74 Å². The summed E-state index contributed by atoms with van der Waals surface area (Å²) in [4.78, 5) is 14.9. The van der Waals surface area contributed by atoms with Gasteiger partial charge < -0.3 is 14.2 Å². The number of nitrogens with zero attached hydrogens (tertiary/aromatic N) is 3. The molecule has 1 amide bonds. The van der Waals surface area contributed by atoms with Gasteiger partial charge in [-0.05, 0) is 50.6 Å². The third kappa shape index (κ3) is 4.53. The summed E-state index contributed by atoms with van der Waals surface area (Å²) in [6.07, 6.45) is 0.140. The van der Waals surface area contributed by atoms with E-state index in [0.29, 0.717) is 5.56 Å². The zero-order valence-electron chi connectivity index (χ0n) is 19.0. The van der Waals surface area contributed by atoms with E-state index in [1.54, 1.807) is 12.0 Å². The second-order valence-corrected chi connectivity index (χ2v) is 13.0. The van der Waals surface area contributed by atoms with Crippen molar-refractivity contribution in [2.75, 3.05) is 44.8 Å². The maximum absolute atomic E-state index is 13.3. The number of hydrogen-bond donors (Lipinski definition) is 0. The van der Waals surface area contributed by atoms with Crippen molar-refractivity contribution in [1.82, 2.24) is 13.8 Å². The van der Waals surface area contributed by atoms with Crippen LogP contribution in [0.3, 0.4) is 0 Å².